The number of carboxylic acid groups (broad SMARTS) is 1. The Morgan fingerprint density at radius 1 is 1.41 bits per heavy atom. The van der Waals surface area contributed by atoms with Crippen molar-refractivity contribution in [2.75, 3.05) is 5.32 Å². The first kappa shape index (κ1) is 11.6. The number of carbonyl (C=O) groups is 2. The Kier molecular flexibility index (Phi) is 2.83. The lowest BCUT2D eigenvalue weighted by Crippen LogP contribution is -2.17. The van der Waals surface area contributed by atoms with E-state index in [1.165, 1.54) is 12.1 Å². The van der Waals surface area contributed by atoms with Crippen LogP contribution in [0.15, 0.2) is 18.2 Å². The van der Waals surface area contributed by atoms with Gasteiger partial charge in [-0.3, -0.25) is 9.59 Å². The lowest BCUT2D eigenvalue weighted by molar-refractivity contribution is -0.139. The van der Waals surface area contributed by atoms with Crippen LogP contribution in [0.5, 0.6) is 0 Å². The molecule has 5 heteroatoms. The second-order valence-electron chi connectivity index (χ2n) is 4.19. The van der Waals surface area contributed by atoms with E-state index in [4.69, 9.17) is 5.11 Å². The van der Waals surface area contributed by atoms with Crippen LogP contribution in [-0.4, -0.2) is 17.0 Å². The van der Waals surface area contributed by atoms with Crippen LogP contribution in [0, 0.1) is 24.6 Å². The van der Waals surface area contributed by atoms with Crippen molar-refractivity contribution in [3.05, 3.63) is 29.6 Å². The molecule has 0 aromatic heterocycles. The molecule has 0 spiro atoms. The number of nitrogens with one attached hydrogen (secondary N) is 1. The van der Waals surface area contributed by atoms with E-state index >= 15 is 0 Å². The summed E-state index contributed by atoms with van der Waals surface area (Å²) in [4.78, 5) is 22.3. The van der Waals surface area contributed by atoms with Gasteiger partial charge in [-0.1, -0.05) is 6.07 Å². The number of hydrogen-bond acceptors (Lipinski definition) is 2. The minimum absolute atomic E-state index is 0.355. The van der Waals surface area contributed by atoms with Crippen LogP contribution in [0.4, 0.5) is 10.1 Å². The van der Waals surface area contributed by atoms with Gasteiger partial charge in [0.15, 0.2) is 0 Å². The largest absolute Gasteiger partial charge is 0.481 e. The molecule has 2 unspecified atom stereocenters. The molecule has 1 fully saturated rings. The third-order valence-corrected chi connectivity index (χ3v) is 2.97. The van der Waals surface area contributed by atoms with Crippen molar-refractivity contribution in [2.45, 2.75) is 13.3 Å². The molecule has 1 amide bonds. The first-order valence-corrected chi connectivity index (χ1v) is 5.29. The zero-order valence-corrected chi connectivity index (χ0v) is 9.24. The molecule has 1 aliphatic rings. The fraction of sp³-hybridized carbons (Fsp3) is 0.333. The summed E-state index contributed by atoms with van der Waals surface area (Å²) in [5, 5.41) is 11.3. The van der Waals surface area contributed by atoms with Crippen molar-refractivity contribution in [1.29, 1.82) is 0 Å². The molecule has 1 aromatic carbocycles. The Morgan fingerprint density at radius 2 is 2.12 bits per heavy atom. The Bertz CT molecular complexity index is 487. The predicted octanol–water partition coefficient (Wildman–Crippen LogP) is 1.79. The number of halogens is 1. The molecule has 90 valence electrons. The number of anilines is 1. The van der Waals surface area contributed by atoms with E-state index in [1.807, 2.05) is 0 Å². The van der Waals surface area contributed by atoms with Crippen LogP contribution >= 0.6 is 0 Å². The fourth-order valence-electron chi connectivity index (χ4n) is 1.73. The van der Waals surface area contributed by atoms with E-state index in [0.717, 1.165) is 0 Å². The van der Waals surface area contributed by atoms with E-state index in [9.17, 15) is 14.0 Å². The van der Waals surface area contributed by atoms with Gasteiger partial charge < -0.3 is 10.4 Å². The molecule has 2 atom stereocenters. The van der Waals surface area contributed by atoms with Gasteiger partial charge in [0.1, 0.15) is 5.82 Å². The van der Waals surface area contributed by atoms with Gasteiger partial charge >= 0.3 is 5.97 Å². The molecule has 0 radical (unpaired) electrons. The van der Waals surface area contributed by atoms with Crippen molar-refractivity contribution in [3.63, 3.8) is 0 Å². The van der Waals surface area contributed by atoms with Crippen LogP contribution < -0.4 is 5.32 Å². The molecule has 0 heterocycles. The molecule has 17 heavy (non-hydrogen) atoms. The standard InChI is InChI=1S/C12H12FNO3/c1-6-9(13)3-2-4-10(6)14-11(15)7-5-8(7)12(16)17/h2-4,7-8H,5H2,1H3,(H,14,15)(H,16,17). The van der Waals surface area contributed by atoms with Crippen molar-refractivity contribution >= 4 is 17.6 Å². The molecule has 1 aliphatic carbocycles. The minimum atomic E-state index is -0.957. The summed E-state index contributed by atoms with van der Waals surface area (Å²) in [6.45, 7) is 1.56. The number of amides is 1. The summed E-state index contributed by atoms with van der Waals surface area (Å²) in [5.74, 6) is -2.79. The average Bonchev–Trinajstić information content (AvgIpc) is 3.04. The van der Waals surface area contributed by atoms with E-state index in [-0.39, 0.29) is 5.91 Å². The second kappa shape index (κ2) is 4.16. The van der Waals surface area contributed by atoms with Gasteiger partial charge in [-0.15, -0.1) is 0 Å². The Morgan fingerprint density at radius 3 is 2.71 bits per heavy atom. The van der Waals surface area contributed by atoms with Crippen molar-refractivity contribution < 1.29 is 19.1 Å². The van der Waals surface area contributed by atoms with Crippen molar-refractivity contribution in [1.82, 2.24) is 0 Å². The normalized spacial score (nSPS) is 22.0. The summed E-state index contributed by atoms with van der Waals surface area (Å²) in [7, 11) is 0. The summed E-state index contributed by atoms with van der Waals surface area (Å²) in [5.41, 5.74) is 0.749. The fourth-order valence-corrected chi connectivity index (χ4v) is 1.73. The summed E-state index contributed by atoms with van der Waals surface area (Å²) >= 11 is 0. The summed E-state index contributed by atoms with van der Waals surface area (Å²) in [6.07, 6.45) is 0.357. The highest BCUT2D eigenvalue weighted by Gasteiger charge is 2.48. The quantitative estimate of drug-likeness (QED) is 0.842. The van der Waals surface area contributed by atoms with E-state index in [2.05, 4.69) is 5.32 Å². The lowest BCUT2D eigenvalue weighted by Gasteiger charge is -2.08. The van der Waals surface area contributed by atoms with Gasteiger partial charge in [0.25, 0.3) is 0 Å². The second-order valence-corrected chi connectivity index (χ2v) is 4.19. The molecular formula is C12H12FNO3. The van der Waals surface area contributed by atoms with Crippen LogP contribution in [0.25, 0.3) is 0 Å². The minimum Gasteiger partial charge on any atom is -0.481 e. The highest BCUT2D eigenvalue weighted by Crippen LogP contribution is 2.39. The lowest BCUT2D eigenvalue weighted by atomic mass is 10.2. The van der Waals surface area contributed by atoms with Crippen LogP contribution in [-0.2, 0) is 9.59 Å². The van der Waals surface area contributed by atoms with Gasteiger partial charge in [0, 0.05) is 11.3 Å². The van der Waals surface area contributed by atoms with Crippen molar-refractivity contribution in [2.24, 2.45) is 11.8 Å². The van der Waals surface area contributed by atoms with Crippen molar-refractivity contribution in [3.8, 4) is 0 Å². The van der Waals surface area contributed by atoms with Crippen LogP contribution in [0.2, 0.25) is 0 Å². The average molecular weight is 237 g/mol. The predicted molar refractivity (Wildman–Crippen MR) is 59.0 cm³/mol. The zero-order valence-electron chi connectivity index (χ0n) is 9.24. The molecular weight excluding hydrogens is 225 g/mol. The van der Waals surface area contributed by atoms with Crippen LogP contribution in [0.3, 0.4) is 0 Å². The maximum atomic E-state index is 13.2. The number of benzene rings is 1. The van der Waals surface area contributed by atoms with Gasteiger partial charge in [-0.25, -0.2) is 4.39 Å². The third-order valence-electron chi connectivity index (χ3n) is 2.97. The number of rotatable bonds is 3. The Labute approximate surface area is 97.4 Å². The van der Waals surface area contributed by atoms with Gasteiger partial charge in [-0.2, -0.15) is 0 Å². The highest BCUT2D eigenvalue weighted by molar-refractivity contribution is 5.98. The number of aliphatic carboxylic acids is 1. The van der Waals surface area contributed by atoms with Gasteiger partial charge in [0.05, 0.1) is 11.8 Å². The monoisotopic (exact) mass is 237 g/mol. The summed E-state index contributed by atoms with van der Waals surface area (Å²) < 4.78 is 13.2. The molecule has 4 nitrogen and oxygen atoms in total. The topological polar surface area (TPSA) is 66.4 Å². The van der Waals surface area contributed by atoms with E-state index < -0.39 is 23.6 Å². The van der Waals surface area contributed by atoms with Gasteiger partial charge in [-0.05, 0) is 25.5 Å². The molecule has 1 saturated carbocycles. The first-order valence-electron chi connectivity index (χ1n) is 5.29. The molecule has 2 N–H and O–H groups in total. The molecule has 0 saturated heterocycles. The zero-order chi connectivity index (χ0) is 12.6. The number of carbonyl (C=O) groups excluding carboxylic acids is 1. The van der Waals surface area contributed by atoms with E-state index in [1.54, 1.807) is 13.0 Å². The molecule has 0 bridgehead atoms. The highest BCUT2D eigenvalue weighted by atomic mass is 19.1. The maximum absolute atomic E-state index is 13.2. The van der Waals surface area contributed by atoms with Gasteiger partial charge in [0.2, 0.25) is 5.91 Å². The van der Waals surface area contributed by atoms with E-state index in [0.29, 0.717) is 17.7 Å². The van der Waals surface area contributed by atoms with Crippen LogP contribution in [0.1, 0.15) is 12.0 Å². The number of hydrogen-bond donors (Lipinski definition) is 2. The summed E-state index contributed by atoms with van der Waals surface area (Å²) in [6, 6.07) is 4.40. The molecule has 2 rings (SSSR count). The molecule has 1 aromatic rings. The Balaban J connectivity index is 2.05. The maximum Gasteiger partial charge on any atom is 0.307 e. The smallest absolute Gasteiger partial charge is 0.307 e. The number of carboxylic acids is 1. The molecule has 0 aliphatic heterocycles. The Hall–Kier alpha value is -1.91. The SMILES string of the molecule is Cc1c(F)cccc1NC(=O)C1CC1C(=O)O. The first-order chi connectivity index (χ1) is 8.00. The third kappa shape index (κ3) is 2.27.